The van der Waals surface area contributed by atoms with Crippen LogP contribution in [0.25, 0.3) is 0 Å². The van der Waals surface area contributed by atoms with Crippen molar-refractivity contribution in [2.45, 2.75) is 38.6 Å². The molecule has 0 aromatic carbocycles. The predicted molar refractivity (Wildman–Crippen MR) is 65.2 cm³/mol. The van der Waals surface area contributed by atoms with Crippen molar-refractivity contribution in [1.82, 2.24) is 9.21 Å². The van der Waals surface area contributed by atoms with Crippen molar-refractivity contribution >= 4 is 10.2 Å². The number of hydrogen-bond acceptors (Lipinski definition) is 3. The molecule has 96 valence electrons. The minimum absolute atomic E-state index is 0.504. The fraction of sp³-hybridized carbons (Fsp3) is 1.00. The molecule has 6 heteroatoms. The zero-order chi connectivity index (χ0) is 12.2. The van der Waals surface area contributed by atoms with Gasteiger partial charge in [-0.1, -0.05) is 13.3 Å². The number of nitrogens with two attached hydrogens (primary N) is 1. The van der Waals surface area contributed by atoms with Gasteiger partial charge >= 0.3 is 0 Å². The van der Waals surface area contributed by atoms with Crippen LogP contribution in [0.5, 0.6) is 0 Å². The fourth-order valence-electron chi connectivity index (χ4n) is 2.13. The molecule has 0 amide bonds. The second-order valence-electron chi connectivity index (χ2n) is 4.51. The van der Waals surface area contributed by atoms with Gasteiger partial charge < -0.3 is 4.90 Å². The molecule has 0 bridgehead atoms. The largest absolute Gasteiger partial charge is 0.303 e. The van der Waals surface area contributed by atoms with Crippen LogP contribution < -0.4 is 5.14 Å². The Balaban J connectivity index is 2.37. The van der Waals surface area contributed by atoms with E-state index in [1.807, 2.05) is 0 Å². The highest BCUT2D eigenvalue weighted by Crippen LogP contribution is 2.16. The van der Waals surface area contributed by atoms with Gasteiger partial charge in [0.2, 0.25) is 0 Å². The summed E-state index contributed by atoms with van der Waals surface area (Å²) in [7, 11) is -1.36. The Labute approximate surface area is 98.8 Å². The zero-order valence-electron chi connectivity index (χ0n) is 10.2. The summed E-state index contributed by atoms with van der Waals surface area (Å²) in [5, 5.41) is 5.10. The highest BCUT2D eigenvalue weighted by Gasteiger charge is 2.26. The average molecular weight is 249 g/mol. The number of piperidine rings is 1. The van der Waals surface area contributed by atoms with Crippen LogP contribution in [0.4, 0.5) is 0 Å². The maximum absolute atomic E-state index is 11.1. The van der Waals surface area contributed by atoms with E-state index in [0.29, 0.717) is 19.1 Å². The highest BCUT2D eigenvalue weighted by molar-refractivity contribution is 7.86. The van der Waals surface area contributed by atoms with Gasteiger partial charge in [-0.25, -0.2) is 5.14 Å². The summed E-state index contributed by atoms with van der Waals surface area (Å²) in [5.41, 5.74) is 0. The summed E-state index contributed by atoms with van der Waals surface area (Å²) < 4.78 is 23.6. The first-order valence-corrected chi connectivity index (χ1v) is 7.43. The Morgan fingerprint density at radius 2 is 1.94 bits per heavy atom. The van der Waals surface area contributed by atoms with Crippen LogP contribution in [-0.2, 0) is 10.2 Å². The molecule has 0 radical (unpaired) electrons. The molecule has 1 fully saturated rings. The van der Waals surface area contributed by atoms with E-state index in [2.05, 4.69) is 18.9 Å². The molecule has 0 aromatic rings. The lowest BCUT2D eigenvalue weighted by molar-refractivity contribution is 0.167. The summed E-state index contributed by atoms with van der Waals surface area (Å²) in [6, 6.07) is 0.504. The fourth-order valence-corrected chi connectivity index (χ4v) is 2.85. The summed E-state index contributed by atoms with van der Waals surface area (Å²) >= 11 is 0. The number of hydrogen-bond donors (Lipinski definition) is 1. The average Bonchev–Trinajstić information content (AvgIpc) is 2.25. The number of rotatable bonds is 5. The first kappa shape index (κ1) is 13.9. The van der Waals surface area contributed by atoms with Gasteiger partial charge in [-0.15, -0.1) is 0 Å². The van der Waals surface area contributed by atoms with Gasteiger partial charge in [0.05, 0.1) is 0 Å². The van der Waals surface area contributed by atoms with Crippen molar-refractivity contribution in [2.75, 3.05) is 26.7 Å². The Hall–Kier alpha value is -0.170. The smallest absolute Gasteiger partial charge is 0.276 e. The molecule has 1 heterocycles. The third-order valence-corrected chi connectivity index (χ3v) is 4.36. The van der Waals surface area contributed by atoms with E-state index in [-0.39, 0.29) is 0 Å². The molecule has 1 rings (SSSR count). The van der Waals surface area contributed by atoms with Gasteiger partial charge in [0, 0.05) is 19.1 Å². The topological polar surface area (TPSA) is 66.6 Å². The number of unbranched alkanes of at least 4 members (excludes halogenated alkanes) is 1. The second kappa shape index (κ2) is 5.95. The Bertz CT molecular complexity index is 297. The van der Waals surface area contributed by atoms with Crippen molar-refractivity contribution in [3.8, 4) is 0 Å². The van der Waals surface area contributed by atoms with Crippen molar-refractivity contribution in [2.24, 2.45) is 5.14 Å². The third-order valence-electron chi connectivity index (χ3n) is 3.27. The monoisotopic (exact) mass is 249 g/mol. The second-order valence-corrected chi connectivity index (χ2v) is 6.06. The van der Waals surface area contributed by atoms with E-state index in [0.717, 1.165) is 19.4 Å². The van der Waals surface area contributed by atoms with Crippen LogP contribution in [0, 0.1) is 0 Å². The number of nitrogens with zero attached hydrogens (tertiary/aromatic N) is 2. The molecule has 16 heavy (non-hydrogen) atoms. The van der Waals surface area contributed by atoms with Crippen LogP contribution in [-0.4, -0.2) is 50.3 Å². The highest BCUT2D eigenvalue weighted by atomic mass is 32.2. The van der Waals surface area contributed by atoms with Crippen LogP contribution in [0.1, 0.15) is 32.6 Å². The van der Waals surface area contributed by atoms with Crippen molar-refractivity contribution in [3.05, 3.63) is 0 Å². The molecule has 0 unspecified atom stereocenters. The van der Waals surface area contributed by atoms with E-state index in [1.165, 1.54) is 17.1 Å². The molecule has 1 aliphatic rings. The van der Waals surface area contributed by atoms with Gasteiger partial charge in [0.1, 0.15) is 0 Å². The van der Waals surface area contributed by atoms with Crippen molar-refractivity contribution in [3.63, 3.8) is 0 Å². The quantitative estimate of drug-likeness (QED) is 0.766. The molecule has 1 saturated heterocycles. The van der Waals surface area contributed by atoms with Crippen LogP contribution in [0.2, 0.25) is 0 Å². The lowest BCUT2D eigenvalue weighted by Crippen LogP contribution is -2.47. The summed E-state index contributed by atoms with van der Waals surface area (Å²) in [5.74, 6) is 0. The maximum atomic E-state index is 11.1. The molecule has 5 nitrogen and oxygen atoms in total. The van der Waals surface area contributed by atoms with Gasteiger partial charge in [-0.05, 0) is 32.9 Å². The first-order valence-electron chi connectivity index (χ1n) is 5.93. The molecule has 0 atom stereocenters. The lowest BCUT2D eigenvalue weighted by atomic mass is 10.1. The predicted octanol–water partition coefficient (Wildman–Crippen LogP) is 0.386. The lowest BCUT2D eigenvalue weighted by Gasteiger charge is -2.35. The molecule has 0 aromatic heterocycles. The molecule has 1 aliphatic heterocycles. The van der Waals surface area contributed by atoms with E-state index in [4.69, 9.17) is 5.14 Å². The summed E-state index contributed by atoms with van der Waals surface area (Å²) in [4.78, 5) is 2.34. The Morgan fingerprint density at radius 1 is 1.38 bits per heavy atom. The zero-order valence-corrected chi connectivity index (χ0v) is 11.0. The standard InChI is InChI=1S/C10H23N3O2S/c1-3-4-7-12(2)10-5-8-13(9-6-10)16(11,14)15/h10H,3-9H2,1-2H3,(H2,11,14,15). The molecule has 0 aliphatic carbocycles. The van der Waals surface area contributed by atoms with E-state index in [9.17, 15) is 8.42 Å². The molecule has 0 saturated carbocycles. The third kappa shape index (κ3) is 4.01. The van der Waals surface area contributed by atoms with Gasteiger partial charge in [0.25, 0.3) is 10.2 Å². The SMILES string of the molecule is CCCCN(C)C1CCN(S(N)(=O)=O)CC1. The minimum Gasteiger partial charge on any atom is -0.303 e. The van der Waals surface area contributed by atoms with Gasteiger partial charge in [0.15, 0.2) is 0 Å². The molecule has 0 spiro atoms. The van der Waals surface area contributed by atoms with Crippen molar-refractivity contribution < 1.29 is 8.42 Å². The molecule has 2 N–H and O–H groups in total. The van der Waals surface area contributed by atoms with E-state index >= 15 is 0 Å². The van der Waals surface area contributed by atoms with Crippen LogP contribution in [0.3, 0.4) is 0 Å². The molecular formula is C10H23N3O2S. The van der Waals surface area contributed by atoms with E-state index in [1.54, 1.807) is 0 Å². The Morgan fingerprint density at radius 3 is 2.38 bits per heavy atom. The van der Waals surface area contributed by atoms with Crippen LogP contribution >= 0.6 is 0 Å². The first-order chi connectivity index (χ1) is 7.45. The minimum atomic E-state index is -3.48. The Kier molecular flexibility index (Phi) is 5.17. The maximum Gasteiger partial charge on any atom is 0.276 e. The van der Waals surface area contributed by atoms with Gasteiger partial charge in [-0.2, -0.15) is 12.7 Å². The van der Waals surface area contributed by atoms with Crippen LogP contribution in [0.15, 0.2) is 0 Å². The molecular weight excluding hydrogens is 226 g/mol. The van der Waals surface area contributed by atoms with E-state index < -0.39 is 10.2 Å². The van der Waals surface area contributed by atoms with Gasteiger partial charge in [-0.3, -0.25) is 0 Å². The normalized spacial score (nSPS) is 20.5. The summed E-state index contributed by atoms with van der Waals surface area (Å²) in [6.45, 7) is 4.38. The van der Waals surface area contributed by atoms with Crippen molar-refractivity contribution in [1.29, 1.82) is 0 Å². The summed E-state index contributed by atoms with van der Waals surface area (Å²) in [6.07, 6.45) is 4.17.